The van der Waals surface area contributed by atoms with Gasteiger partial charge >= 0.3 is 0 Å². The molecule has 0 aromatic carbocycles. The molecule has 0 aliphatic carbocycles. The van der Waals surface area contributed by atoms with E-state index < -0.39 is 23.6 Å². The van der Waals surface area contributed by atoms with Crippen molar-refractivity contribution in [3.63, 3.8) is 0 Å². The Bertz CT molecular complexity index is 1970. The van der Waals surface area contributed by atoms with Gasteiger partial charge in [0.1, 0.15) is 22.8 Å². The van der Waals surface area contributed by atoms with Crippen molar-refractivity contribution in [1.82, 2.24) is 23.6 Å². The summed E-state index contributed by atoms with van der Waals surface area (Å²) in [6.07, 6.45) is 6.78. The summed E-state index contributed by atoms with van der Waals surface area (Å²) < 4.78 is 6.40. The minimum Gasteiger partial charge on any atom is -0.387 e. The van der Waals surface area contributed by atoms with E-state index in [2.05, 4.69) is 54.1 Å². The number of carbonyl (C=O) groups excluding carboxylic acids is 5. The first-order valence-electron chi connectivity index (χ1n) is 14.4. The molecular weight excluding hydrogens is 722 g/mol. The Morgan fingerprint density at radius 3 is 1.33 bits per heavy atom. The number of carbonyl (C=O) groups is 5. The number of hydrogen-bond acceptors (Lipinski definition) is 6. The molecular formula is C31H37BrClN11O5. The summed E-state index contributed by atoms with van der Waals surface area (Å²) in [6, 6.07) is 6.10. The van der Waals surface area contributed by atoms with Gasteiger partial charge in [0.2, 0.25) is 0 Å². The van der Waals surface area contributed by atoms with Gasteiger partial charge in [-0.25, -0.2) is 0 Å². The fraction of sp³-hybridized carbons (Fsp3) is 0.226. The molecule has 0 saturated heterocycles. The maximum atomic E-state index is 13.2. The second-order valence-electron chi connectivity index (χ2n) is 10.8. The predicted molar refractivity (Wildman–Crippen MR) is 194 cm³/mol. The van der Waals surface area contributed by atoms with Gasteiger partial charge < -0.3 is 50.6 Å². The second kappa shape index (κ2) is 16.0. The second-order valence-corrected chi connectivity index (χ2v) is 11.8. The number of amides is 5. The lowest BCUT2D eigenvalue weighted by atomic mass is 10.3. The van der Waals surface area contributed by atoms with Gasteiger partial charge in [0, 0.05) is 73.0 Å². The zero-order valence-corrected chi connectivity index (χ0v) is 29.8. The van der Waals surface area contributed by atoms with Crippen molar-refractivity contribution < 1.29 is 24.0 Å². The molecule has 5 amide bonds. The smallest absolute Gasteiger partial charge is 0.272 e. The third-order valence-electron chi connectivity index (χ3n) is 7.18. The molecule has 0 aliphatic rings. The lowest BCUT2D eigenvalue weighted by Gasteiger charge is -2.05. The molecule has 4 rings (SSSR count). The normalized spacial score (nSPS) is 10.9. The third-order valence-corrected chi connectivity index (χ3v) is 7.54. The van der Waals surface area contributed by atoms with Crippen LogP contribution in [0.4, 0.5) is 22.7 Å². The van der Waals surface area contributed by atoms with Crippen LogP contribution in [-0.2, 0) is 33.0 Å². The minimum atomic E-state index is -0.472. The molecule has 0 atom stereocenters. The van der Waals surface area contributed by atoms with E-state index in [0.717, 1.165) is 0 Å². The van der Waals surface area contributed by atoms with Crippen LogP contribution in [0.5, 0.6) is 0 Å². The first kappa shape index (κ1) is 37.9. The highest BCUT2D eigenvalue weighted by molar-refractivity contribution is 9.12. The molecule has 0 radical (unpaired) electrons. The van der Waals surface area contributed by atoms with Crippen LogP contribution in [0.15, 0.2) is 65.1 Å². The number of anilines is 4. The van der Waals surface area contributed by atoms with Crippen molar-refractivity contribution in [3.8, 4) is 0 Å². The van der Waals surface area contributed by atoms with Crippen molar-refractivity contribution in [2.24, 2.45) is 38.9 Å². The Morgan fingerprint density at radius 2 is 1.00 bits per heavy atom. The molecule has 0 spiro atoms. The first-order chi connectivity index (χ1) is 22.7. The van der Waals surface area contributed by atoms with Gasteiger partial charge in [-0.1, -0.05) is 6.58 Å². The molecule has 49 heavy (non-hydrogen) atoms. The molecule has 4 aromatic rings. The van der Waals surface area contributed by atoms with Crippen LogP contribution in [0.2, 0.25) is 0 Å². The molecule has 4 aromatic heterocycles. The fourth-order valence-electron chi connectivity index (χ4n) is 4.73. The van der Waals surface area contributed by atoms with E-state index in [1.807, 2.05) is 0 Å². The molecule has 18 heteroatoms. The Morgan fingerprint density at radius 1 is 0.673 bits per heavy atom. The molecule has 260 valence electrons. The van der Waals surface area contributed by atoms with Gasteiger partial charge in [-0.3, -0.25) is 29.0 Å². The number of aromatic nitrogens is 4. The number of halogens is 2. The van der Waals surface area contributed by atoms with Crippen LogP contribution in [0, 0.1) is 0 Å². The lowest BCUT2D eigenvalue weighted by molar-refractivity contribution is -0.112. The average Bonchev–Trinajstić information content (AvgIpc) is 3.78. The molecule has 7 N–H and O–H groups in total. The van der Waals surface area contributed by atoms with E-state index in [1.165, 1.54) is 18.2 Å². The van der Waals surface area contributed by atoms with E-state index in [9.17, 15) is 24.0 Å². The molecule has 0 aliphatic heterocycles. The topological polar surface area (TPSA) is 204 Å². The molecule has 0 unspecified atom stereocenters. The van der Waals surface area contributed by atoms with Gasteiger partial charge in [-0.2, -0.15) is 0 Å². The number of rotatable bonds is 12. The van der Waals surface area contributed by atoms with Gasteiger partial charge in [0.05, 0.1) is 33.1 Å². The number of hydrogen-bond donors (Lipinski definition) is 6. The fourth-order valence-corrected chi connectivity index (χ4v) is 4.82. The summed E-state index contributed by atoms with van der Waals surface area (Å²) in [5.41, 5.74) is 8.35. The summed E-state index contributed by atoms with van der Waals surface area (Å²) in [5.74, 6) is -1.72. The summed E-state index contributed by atoms with van der Waals surface area (Å²) in [4.78, 5) is 67.6. The van der Waals surface area contributed by atoms with E-state index in [1.54, 1.807) is 84.4 Å². The van der Waals surface area contributed by atoms with Gasteiger partial charge in [0.25, 0.3) is 29.5 Å². The predicted octanol–water partition coefficient (Wildman–Crippen LogP) is 3.17. The lowest BCUT2D eigenvalue weighted by Crippen LogP contribution is -2.29. The maximum absolute atomic E-state index is 13.2. The first-order valence-corrected chi connectivity index (χ1v) is 15.2. The van der Waals surface area contributed by atoms with Crippen LogP contribution in [0.25, 0.3) is 0 Å². The monoisotopic (exact) mass is 757 g/mol. The summed E-state index contributed by atoms with van der Waals surface area (Å²) in [6.45, 7) is 3.84. The highest BCUT2D eigenvalue weighted by Crippen LogP contribution is 2.21. The largest absolute Gasteiger partial charge is 0.387 e. The number of amidine groups is 1. The van der Waals surface area contributed by atoms with Crippen molar-refractivity contribution in [3.05, 3.63) is 82.9 Å². The van der Waals surface area contributed by atoms with E-state index in [-0.39, 0.29) is 39.9 Å². The van der Waals surface area contributed by atoms with Crippen molar-refractivity contribution in [1.29, 1.82) is 0 Å². The Balaban J connectivity index is 0.00000650. The quantitative estimate of drug-likeness (QED) is 0.0727. The van der Waals surface area contributed by atoms with Crippen LogP contribution in [0.1, 0.15) is 48.4 Å². The zero-order valence-electron chi connectivity index (χ0n) is 27.4. The Kier molecular flexibility index (Phi) is 12.4. The van der Waals surface area contributed by atoms with E-state index in [4.69, 9.17) is 5.73 Å². The summed E-state index contributed by atoms with van der Waals surface area (Å²) >= 11 is 3.01. The SMILES string of the molecule is C=C(Br)C(=O)Nc1cc(C(=O)Nc2cc(C(=O)Nc3cc(C(=O)Nc4cc(C(=O)NCCC(N)=NC)n(C)c4)n(C)c3)n(C)c2)n(C)c1.Cl. The van der Waals surface area contributed by atoms with Gasteiger partial charge in [0.15, 0.2) is 0 Å². The number of aryl methyl sites for hydroxylation is 4. The van der Waals surface area contributed by atoms with Crippen LogP contribution >= 0.6 is 28.3 Å². The van der Waals surface area contributed by atoms with Crippen molar-refractivity contribution in [2.75, 3.05) is 34.9 Å². The maximum Gasteiger partial charge on any atom is 0.272 e. The van der Waals surface area contributed by atoms with Gasteiger partial charge in [-0.15, -0.1) is 12.4 Å². The Labute approximate surface area is 296 Å². The molecule has 0 bridgehead atoms. The van der Waals surface area contributed by atoms with Gasteiger partial charge in [-0.05, 0) is 40.2 Å². The number of nitrogens with zero attached hydrogens (tertiary/aromatic N) is 5. The number of aliphatic imine (C=N–C) groups is 1. The molecule has 0 fully saturated rings. The van der Waals surface area contributed by atoms with E-state index >= 15 is 0 Å². The minimum absolute atomic E-state index is 0. The zero-order chi connectivity index (χ0) is 35.3. The number of nitrogens with two attached hydrogens (primary N) is 1. The van der Waals surface area contributed by atoms with E-state index in [0.29, 0.717) is 47.2 Å². The number of nitrogens with one attached hydrogen (secondary N) is 5. The molecule has 0 saturated carbocycles. The third kappa shape index (κ3) is 9.29. The summed E-state index contributed by atoms with van der Waals surface area (Å²) in [5, 5.41) is 13.7. The summed E-state index contributed by atoms with van der Waals surface area (Å²) in [7, 11) is 8.23. The average molecular weight is 759 g/mol. The van der Waals surface area contributed by atoms with Crippen molar-refractivity contribution in [2.45, 2.75) is 6.42 Å². The molecule has 4 heterocycles. The van der Waals surface area contributed by atoms with Crippen molar-refractivity contribution >= 4 is 86.5 Å². The highest BCUT2D eigenvalue weighted by atomic mass is 79.9. The highest BCUT2D eigenvalue weighted by Gasteiger charge is 2.20. The standard InChI is InChI=1S/C31H36BrN11O5.ClH/c1-17(32)27(44)36-18-10-23(41(4)13-18)29(46)38-20-12-25(43(6)15-20)31(48)39-21-11-24(42(5)16-21)30(47)37-19-9-22(40(3)14-19)28(45)35-8-7-26(33)34-2;/h9-16H,1,7-8H2,2-6H3,(H2,33,34)(H,35,45)(H,36,44)(H,37,47)(H,38,46)(H,39,48);1H. The Hall–Kier alpha value is -5.55. The van der Waals surface area contributed by atoms with Crippen LogP contribution in [-0.4, -0.2) is 67.2 Å². The van der Waals surface area contributed by atoms with Crippen LogP contribution in [0.3, 0.4) is 0 Å². The molecule has 16 nitrogen and oxygen atoms in total. The van der Waals surface area contributed by atoms with Crippen LogP contribution < -0.4 is 32.3 Å².